The van der Waals surface area contributed by atoms with E-state index in [1.807, 2.05) is 24.3 Å². The van der Waals surface area contributed by atoms with Crippen LogP contribution in [0.3, 0.4) is 0 Å². The third-order valence-electron chi connectivity index (χ3n) is 4.33. The number of amides is 1. The molecule has 0 atom stereocenters. The van der Waals surface area contributed by atoms with Crippen LogP contribution >= 0.6 is 24.2 Å². The first-order valence-corrected chi connectivity index (χ1v) is 9.98. The zero-order chi connectivity index (χ0) is 19.1. The van der Waals surface area contributed by atoms with E-state index < -0.39 is 0 Å². The lowest BCUT2D eigenvalue weighted by Gasteiger charge is -2.22. The molecule has 2 heterocycles. The normalized spacial score (nSPS) is 14.2. The maximum absolute atomic E-state index is 12.5. The van der Waals surface area contributed by atoms with Crippen LogP contribution < -0.4 is 10.6 Å². The van der Waals surface area contributed by atoms with Gasteiger partial charge in [0.25, 0.3) is 5.91 Å². The summed E-state index contributed by atoms with van der Waals surface area (Å²) in [5.74, 6) is 0.424. The second kappa shape index (κ2) is 11.0. The lowest BCUT2D eigenvalue weighted by molar-refractivity contribution is -0.137. The number of methoxy groups -OCH3 is 1. The number of carbonyl (C=O) groups is 2. The molecule has 1 aromatic carbocycles. The number of thioether (sulfide) groups is 1. The summed E-state index contributed by atoms with van der Waals surface area (Å²) in [6, 6.07) is 7.82. The molecule has 0 radical (unpaired) electrons. The van der Waals surface area contributed by atoms with E-state index in [1.54, 1.807) is 10.9 Å². The van der Waals surface area contributed by atoms with Crippen LogP contribution in [0.25, 0.3) is 0 Å². The molecule has 152 valence electrons. The molecule has 0 saturated carbocycles. The first kappa shape index (κ1) is 22.2. The number of halogens is 1. The lowest BCUT2D eigenvalue weighted by Crippen LogP contribution is -2.29. The second-order valence-corrected chi connectivity index (χ2v) is 7.27. The minimum absolute atomic E-state index is 0. The quantitative estimate of drug-likeness (QED) is 0.656. The van der Waals surface area contributed by atoms with Crippen LogP contribution in [-0.4, -0.2) is 52.8 Å². The lowest BCUT2D eigenvalue weighted by atomic mass is 10.1. The summed E-state index contributed by atoms with van der Waals surface area (Å²) >= 11 is 1.46. The molecule has 1 aliphatic heterocycles. The van der Waals surface area contributed by atoms with Gasteiger partial charge < -0.3 is 15.4 Å². The summed E-state index contributed by atoms with van der Waals surface area (Å²) in [5.41, 5.74) is 2.01. The highest BCUT2D eigenvalue weighted by Crippen LogP contribution is 2.19. The number of hydrogen-bond donors (Lipinski definition) is 2. The molecule has 1 saturated heterocycles. The van der Waals surface area contributed by atoms with E-state index in [0.29, 0.717) is 22.9 Å². The number of piperidine rings is 1. The fourth-order valence-electron chi connectivity index (χ4n) is 2.88. The van der Waals surface area contributed by atoms with Gasteiger partial charge in [0, 0.05) is 11.4 Å². The maximum Gasteiger partial charge on any atom is 0.315 e. The topological polar surface area (TPSA) is 98.1 Å². The van der Waals surface area contributed by atoms with E-state index in [-0.39, 0.29) is 30.3 Å². The highest BCUT2D eigenvalue weighted by atomic mass is 35.5. The van der Waals surface area contributed by atoms with Crippen LogP contribution in [0.1, 0.15) is 34.9 Å². The van der Waals surface area contributed by atoms with E-state index in [1.165, 1.54) is 18.9 Å². The minimum Gasteiger partial charge on any atom is -0.468 e. The number of benzene rings is 1. The van der Waals surface area contributed by atoms with Gasteiger partial charge in [-0.15, -0.1) is 29.3 Å². The molecule has 0 unspecified atom stereocenters. The van der Waals surface area contributed by atoms with Gasteiger partial charge in [0.1, 0.15) is 0 Å². The molecule has 8 nitrogen and oxygen atoms in total. The number of nitrogens with one attached hydrogen (secondary N) is 2. The predicted octanol–water partition coefficient (Wildman–Crippen LogP) is 2.28. The van der Waals surface area contributed by atoms with Crippen molar-refractivity contribution in [3.8, 4) is 0 Å². The average molecular weight is 426 g/mol. The van der Waals surface area contributed by atoms with Crippen molar-refractivity contribution >= 4 is 41.7 Å². The van der Waals surface area contributed by atoms with E-state index in [4.69, 9.17) is 0 Å². The summed E-state index contributed by atoms with van der Waals surface area (Å²) in [5, 5.41) is 14.3. The Hall–Kier alpha value is -2.10. The second-order valence-electron chi connectivity index (χ2n) is 6.29. The molecule has 1 fully saturated rings. The van der Waals surface area contributed by atoms with Crippen LogP contribution in [-0.2, 0) is 15.3 Å². The Bertz CT molecular complexity index is 795. The van der Waals surface area contributed by atoms with Crippen LogP contribution in [0.5, 0.6) is 0 Å². The van der Waals surface area contributed by atoms with Gasteiger partial charge in [-0.1, -0.05) is 17.3 Å². The fraction of sp³-hybridized carbons (Fsp3) is 0.444. The molecular formula is C18H24ClN5O3S. The summed E-state index contributed by atoms with van der Waals surface area (Å²) in [6.07, 6.45) is 3.67. The molecule has 1 aromatic heterocycles. The first-order valence-electron chi connectivity index (χ1n) is 8.83. The summed E-state index contributed by atoms with van der Waals surface area (Å²) in [7, 11) is 1.38. The maximum atomic E-state index is 12.5. The van der Waals surface area contributed by atoms with Crippen molar-refractivity contribution in [3.63, 3.8) is 0 Å². The number of hydrogen-bond acceptors (Lipinski definition) is 7. The molecule has 0 aliphatic carbocycles. The molecule has 0 bridgehead atoms. The average Bonchev–Trinajstić information content (AvgIpc) is 3.19. The summed E-state index contributed by atoms with van der Waals surface area (Å²) < 4.78 is 6.41. The predicted molar refractivity (Wildman–Crippen MR) is 111 cm³/mol. The number of ether oxygens (including phenoxy) is 1. The number of aromatic nitrogens is 3. The van der Waals surface area contributed by atoms with Crippen LogP contribution in [0, 0.1) is 0 Å². The van der Waals surface area contributed by atoms with E-state index in [9.17, 15) is 9.59 Å². The molecule has 3 rings (SSSR count). The zero-order valence-electron chi connectivity index (χ0n) is 15.6. The number of rotatable bonds is 7. The van der Waals surface area contributed by atoms with Crippen molar-refractivity contribution in [2.75, 3.05) is 31.3 Å². The van der Waals surface area contributed by atoms with Crippen molar-refractivity contribution < 1.29 is 14.3 Å². The standard InChI is InChI=1S/C18H23N5O3S.ClH/c1-26-17(24)12-27-11-13-3-2-4-14(9-13)20-18(25)16-10-23(22-21-16)15-5-7-19-8-6-15;/h2-4,9-10,15,19H,5-8,11-12H2,1H3,(H,20,25);1H. The van der Waals surface area contributed by atoms with Gasteiger partial charge >= 0.3 is 5.97 Å². The van der Waals surface area contributed by atoms with E-state index >= 15 is 0 Å². The number of anilines is 1. The van der Waals surface area contributed by atoms with Crippen molar-refractivity contribution in [1.82, 2.24) is 20.3 Å². The Morgan fingerprint density at radius 3 is 2.89 bits per heavy atom. The van der Waals surface area contributed by atoms with Gasteiger partial charge in [-0.05, 0) is 43.6 Å². The van der Waals surface area contributed by atoms with Crippen LogP contribution in [0.4, 0.5) is 5.69 Å². The number of esters is 1. The van der Waals surface area contributed by atoms with Crippen molar-refractivity contribution in [2.24, 2.45) is 0 Å². The van der Waals surface area contributed by atoms with Crippen molar-refractivity contribution in [2.45, 2.75) is 24.6 Å². The molecule has 0 spiro atoms. The van der Waals surface area contributed by atoms with Crippen LogP contribution in [0.2, 0.25) is 0 Å². The fourth-order valence-corrected chi connectivity index (χ4v) is 3.68. The molecule has 10 heteroatoms. The first-order chi connectivity index (χ1) is 13.2. The molecule has 28 heavy (non-hydrogen) atoms. The number of nitrogens with zero attached hydrogens (tertiary/aromatic N) is 3. The highest BCUT2D eigenvalue weighted by Gasteiger charge is 2.18. The van der Waals surface area contributed by atoms with Gasteiger partial charge in [-0.3, -0.25) is 9.59 Å². The van der Waals surface area contributed by atoms with Gasteiger partial charge in [0.05, 0.1) is 25.1 Å². The third kappa shape index (κ3) is 6.22. The summed E-state index contributed by atoms with van der Waals surface area (Å²) in [6.45, 7) is 1.90. The SMILES string of the molecule is COC(=O)CSCc1cccc(NC(=O)c2cn(C3CCNCC3)nn2)c1.Cl. The Morgan fingerprint density at radius 1 is 1.36 bits per heavy atom. The zero-order valence-corrected chi connectivity index (χ0v) is 17.2. The van der Waals surface area contributed by atoms with Crippen molar-refractivity contribution in [1.29, 1.82) is 0 Å². The van der Waals surface area contributed by atoms with Gasteiger partial charge in [-0.2, -0.15) is 0 Å². The molecule has 1 aliphatic rings. The van der Waals surface area contributed by atoms with Gasteiger partial charge in [-0.25, -0.2) is 4.68 Å². The molecule has 2 aromatic rings. The highest BCUT2D eigenvalue weighted by molar-refractivity contribution is 7.99. The minimum atomic E-state index is -0.283. The summed E-state index contributed by atoms with van der Waals surface area (Å²) in [4.78, 5) is 23.6. The molecule has 2 N–H and O–H groups in total. The smallest absolute Gasteiger partial charge is 0.315 e. The van der Waals surface area contributed by atoms with E-state index in [2.05, 4.69) is 25.7 Å². The van der Waals surface area contributed by atoms with Crippen LogP contribution in [0.15, 0.2) is 30.5 Å². The largest absolute Gasteiger partial charge is 0.468 e. The molecule has 1 amide bonds. The Labute approximate surface area is 174 Å². The monoisotopic (exact) mass is 425 g/mol. The van der Waals surface area contributed by atoms with E-state index in [0.717, 1.165) is 31.5 Å². The Balaban J connectivity index is 0.00000280. The van der Waals surface area contributed by atoms with Crippen molar-refractivity contribution in [3.05, 3.63) is 41.7 Å². The molecular weight excluding hydrogens is 402 g/mol. The Morgan fingerprint density at radius 2 is 2.14 bits per heavy atom. The third-order valence-corrected chi connectivity index (χ3v) is 5.30. The Kier molecular flexibility index (Phi) is 8.75. The van der Waals surface area contributed by atoms with Gasteiger partial charge in [0.15, 0.2) is 5.69 Å². The van der Waals surface area contributed by atoms with Gasteiger partial charge in [0.2, 0.25) is 0 Å². The number of carbonyl (C=O) groups excluding carboxylic acids is 2.